The number of hydrogen-bond donors (Lipinski definition) is 1. The monoisotopic (exact) mass is 399 g/mol. The van der Waals surface area contributed by atoms with E-state index in [1.807, 2.05) is 0 Å². The maximum atomic E-state index is 13.1. The number of halogens is 6. The van der Waals surface area contributed by atoms with E-state index >= 15 is 0 Å². The number of amides is 1. The van der Waals surface area contributed by atoms with Crippen LogP contribution in [0.1, 0.15) is 21.5 Å². The molecule has 3 aromatic rings. The van der Waals surface area contributed by atoms with E-state index in [-0.39, 0.29) is 11.4 Å². The van der Waals surface area contributed by atoms with Crippen molar-refractivity contribution in [1.82, 2.24) is 9.78 Å². The number of carbonyl (C=O) groups is 1. The van der Waals surface area contributed by atoms with Gasteiger partial charge < -0.3 is 5.32 Å². The summed E-state index contributed by atoms with van der Waals surface area (Å²) in [7, 11) is 0. The van der Waals surface area contributed by atoms with Crippen molar-refractivity contribution in [3.8, 4) is 5.69 Å². The maximum Gasteiger partial charge on any atom is 0.417 e. The molecule has 1 heterocycles. The Kier molecular flexibility index (Phi) is 4.88. The van der Waals surface area contributed by atoms with Crippen molar-refractivity contribution in [2.45, 2.75) is 12.4 Å². The minimum Gasteiger partial charge on any atom is -0.320 e. The van der Waals surface area contributed by atoms with Crippen LogP contribution in [0.2, 0.25) is 0 Å². The fraction of sp³-hybridized carbons (Fsp3) is 0.111. The standard InChI is InChI=1S/C18H11F6N3O/c19-17(20,21)11-6-7-15(27-9-3-8-25-27)14(10-11)26-16(28)12-4-1-2-5-13(12)18(22,23)24/h1-10H,(H,26,28). The molecule has 10 heteroatoms. The van der Waals surface area contributed by atoms with Crippen LogP contribution in [-0.2, 0) is 12.4 Å². The summed E-state index contributed by atoms with van der Waals surface area (Å²) in [6, 6.07) is 8.00. The van der Waals surface area contributed by atoms with Crippen LogP contribution in [0.15, 0.2) is 60.9 Å². The van der Waals surface area contributed by atoms with Crippen molar-refractivity contribution in [2.24, 2.45) is 0 Å². The van der Waals surface area contributed by atoms with Crippen LogP contribution in [0.5, 0.6) is 0 Å². The minimum absolute atomic E-state index is 0.0656. The lowest BCUT2D eigenvalue weighted by atomic mass is 10.1. The fourth-order valence-electron chi connectivity index (χ4n) is 2.54. The van der Waals surface area contributed by atoms with E-state index < -0.39 is 35.0 Å². The third-order valence-electron chi connectivity index (χ3n) is 3.80. The number of benzene rings is 2. The Morgan fingerprint density at radius 3 is 2.25 bits per heavy atom. The van der Waals surface area contributed by atoms with E-state index in [2.05, 4.69) is 10.4 Å². The summed E-state index contributed by atoms with van der Waals surface area (Å²) in [6.45, 7) is 0. The number of carbonyl (C=O) groups excluding carboxylic acids is 1. The van der Waals surface area contributed by atoms with Crippen molar-refractivity contribution in [1.29, 1.82) is 0 Å². The van der Waals surface area contributed by atoms with E-state index in [1.54, 1.807) is 0 Å². The van der Waals surface area contributed by atoms with Crippen LogP contribution in [-0.4, -0.2) is 15.7 Å². The summed E-state index contributed by atoms with van der Waals surface area (Å²) in [5.41, 5.74) is -3.24. The molecule has 1 N–H and O–H groups in total. The van der Waals surface area contributed by atoms with Crippen LogP contribution in [0, 0.1) is 0 Å². The normalized spacial score (nSPS) is 12.1. The molecule has 1 amide bonds. The fourth-order valence-corrected chi connectivity index (χ4v) is 2.54. The van der Waals surface area contributed by atoms with Gasteiger partial charge in [0.05, 0.1) is 28.1 Å². The summed E-state index contributed by atoms with van der Waals surface area (Å²) in [5.74, 6) is -1.19. The van der Waals surface area contributed by atoms with Crippen molar-refractivity contribution in [3.05, 3.63) is 77.6 Å². The number of alkyl halides is 6. The van der Waals surface area contributed by atoms with Crippen LogP contribution in [0.4, 0.5) is 32.0 Å². The van der Waals surface area contributed by atoms with Crippen molar-refractivity contribution in [2.75, 3.05) is 5.32 Å². The quantitative estimate of drug-likeness (QED) is 0.619. The highest BCUT2D eigenvalue weighted by molar-refractivity contribution is 6.06. The average molecular weight is 399 g/mol. The molecule has 2 aromatic carbocycles. The smallest absolute Gasteiger partial charge is 0.320 e. The molecule has 0 saturated carbocycles. The van der Waals surface area contributed by atoms with Gasteiger partial charge in [-0.2, -0.15) is 31.4 Å². The highest BCUT2D eigenvalue weighted by Crippen LogP contribution is 2.35. The van der Waals surface area contributed by atoms with Gasteiger partial charge in [0.2, 0.25) is 0 Å². The SMILES string of the molecule is O=C(Nc1cc(C(F)(F)F)ccc1-n1cccn1)c1ccccc1C(F)(F)F. The minimum atomic E-state index is -4.80. The largest absolute Gasteiger partial charge is 0.417 e. The molecule has 0 fully saturated rings. The predicted octanol–water partition coefficient (Wildman–Crippen LogP) is 5.16. The van der Waals surface area contributed by atoms with Gasteiger partial charge in [0.1, 0.15) is 0 Å². The summed E-state index contributed by atoms with van der Waals surface area (Å²) >= 11 is 0. The van der Waals surface area contributed by atoms with E-state index in [9.17, 15) is 31.1 Å². The Morgan fingerprint density at radius 2 is 1.64 bits per heavy atom. The molecular formula is C18H11F6N3O. The maximum absolute atomic E-state index is 13.1. The molecule has 3 rings (SSSR count). The zero-order valence-corrected chi connectivity index (χ0v) is 13.8. The first-order valence-electron chi connectivity index (χ1n) is 7.76. The molecular weight excluding hydrogens is 388 g/mol. The van der Waals surface area contributed by atoms with Crippen LogP contribution in [0.3, 0.4) is 0 Å². The predicted molar refractivity (Wildman–Crippen MR) is 88.0 cm³/mol. The first kappa shape index (κ1) is 19.5. The third-order valence-corrected chi connectivity index (χ3v) is 3.80. The zero-order valence-electron chi connectivity index (χ0n) is 13.8. The van der Waals surface area contributed by atoms with E-state index in [1.165, 1.54) is 29.2 Å². The number of rotatable bonds is 3. The Bertz CT molecular complexity index is 993. The molecule has 1 aromatic heterocycles. The van der Waals surface area contributed by atoms with Crippen LogP contribution < -0.4 is 5.32 Å². The number of nitrogens with zero attached hydrogens (tertiary/aromatic N) is 2. The summed E-state index contributed by atoms with van der Waals surface area (Å²) in [4.78, 5) is 12.4. The topological polar surface area (TPSA) is 46.9 Å². The molecule has 0 saturated heterocycles. The van der Waals surface area contributed by atoms with E-state index in [0.717, 1.165) is 30.3 Å². The Morgan fingerprint density at radius 1 is 0.929 bits per heavy atom. The number of hydrogen-bond acceptors (Lipinski definition) is 2. The van der Waals surface area contributed by atoms with Gasteiger partial charge in [-0.1, -0.05) is 12.1 Å². The first-order valence-corrected chi connectivity index (χ1v) is 7.76. The molecule has 0 bridgehead atoms. The summed E-state index contributed by atoms with van der Waals surface area (Å²) < 4.78 is 79.7. The molecule has 0 spiro atoms. The molecule has 0 aliphatic heterocycles. The van der Waals surface area contributed by atoms with Gasteiger partial charge in [-0.15, -0.1) is 0 Å². The number of nitrogens with one attached hydrogen (secondary N) is 1. The number of aromatic nitrogens is 2. The first-order chi connectivity index (χ1) is 13.1. The second-order valence-corrected chi connectivity index (χ2v) is 5.68. The molecule has 0 atom stereocenters. The van der Waals surface area contributed by atoms with E-state index in [0.29, 0.717) is 6.07 Å². The molecule has 4 nitrogen and oxygen atoms in total. The van der Waals surface area contributed by atoms with Gasteiger partial charge in [-0.05, 0) is 36.4 Å². The van der Waals surface area contributed by atoms with Gasteiger partial charge in [0, 0.05) is 12.4 Å². The highest BCUT2D eigenvalue weighted by Gasteiger charge is 2.35. The van der Waals surface area contributed by atoms with E-state index in [4.69, 9.17) is 0 Å². The molecule has 0 aliphatic carbocycles. The van der Waals surface area contributed by atoms with Gasteiger partial charge in [0.25, 0.3) is 5.91 Å². The highest BCUT2D eigenvalue weighted by atomic mass is 19.4. The van der Waals surface area contributed by atoms with Gasteiger partial charge in [-0.3, -0.25) is 4.79 Å². The average Bonchev–Trinajstić information content (AvgIpc) is 3.14. The van der Waals surface area contributed by atoms with Crippen molar-refractivity contribution < 1.29 is 31.1 Å². The molecule has 0 unspecified atom stereocenters. The number of anilines is 1. The lowest BCUT2D eigenvalue weighted by Crippen LogP contribution is -2.20. The zero-order chi connectivity index (χ0) is 20.5. The van der Waals surface area contributed by atoms with Crippen molar-refractivity contribution in [3.63, 3.8) is 0 Å². The summed E-state index contributed by atoms with van der Waals surface area (Å²) in [6.07, 6.45) is -6.72. The Balaban J connectivity index is 2.05. The third kappa shape index (κ3) is 4.00. The lowest BCUT2D eigenvalue weighted by Gasteiger charge is -2.16. The van der Waals surface area contributed by atoms with Gasteiger partial charge in [0.15, 0.2) is 0 Å². The van der Waals surface area contributed by atoms with Gasteiger partial charge >= 0.3 is 12.4 Å². The van der Waals surface area contributed by atoms with Crippen molar-refractivity contribution >= 4 is 11.6 Å². The summed E-state index contributed by atoms with van der Waals surface area (Å²) in [5, 5.41) is 6.02. The Hall–Kier alpha value is -3.30. The molecule has 146 valence electrons. The van der Waals surface area contributed by atoms with Crippen LogP contribution >= 0.6 is 0 Å². The van der Waals surface area contributed by atoms with Gasteiger partial charge in [-0.25, -0.2) is 4.68 Å². The molecule has 0 radical (unpaired) electrons. The molecule has 0 aliphatic rings. The second kappa shape index (κ2) is 7.02. The Labute approximate surface area is 154 Å². The lowest BCUT2D eigenvalue weighted by molar-refractivity contribution is -0.138. The van der Waals surface area contributed by atoms with Crippen LogP contribution in [0.25, 0.3) is 5.69 Å². The molecule has 28 heavy (non-hydrogen) atoms. The second-order valence-electron chi connectivity index (χ2n) is 5.68.